The second-order valence-electron chi connectivity index (χ2n) is 4.92. The predicted octanol–water partition coefficient (Wildman–Crippen LogP) is 1.93. The number of benzene rings is 1. The van der Waals surface area contributed by atoms with Gasteiger partial charge in [0.1, 0.15) is 5.82 Å². The minimum atomic E-state index is -0.262. The molecule has 2 N–H and O–H groups in total. The molecular formula is C14H20BrFN2O2. The lowest BCUT2D eigenvalue weighted by Crippen LogP contribution is -2.33. The van der Waals surface area contributed by atoms with E-state index in [1.54, 1.807) is 20.3 Å². The van der Waals surface area contributed by atoms with Crippen molar-refractivity contribution in [2.45, 2.75) is 18.2 Å². The molecule has 0 bridgehead atoms. The van der Waals surface area contributed by atoms with E-state index >= 15 is 0 Å². The van der Waals surface area contributed by atoms with Crippen LogP contribution in [0.15, 0.2) is 22.7 Å². The first kappa shape index (κ1) is 15.9. The number of hydrogen-bond donors (Lipinski definition) is 1. The van der Waals surface area contributed by atoms with Crippen LogP contribution in [0.3, 0.4) is 0 Å². The molecule has 0 aliphatic carbocycles. The highest BCUT2D eigenvalue weighted by atomic mass is 79.9. The third-order valence-electron chi connectivity index (χ3n) is 3.83. The Hall–Kier alpha value is -0.530. The van der Waals surface area contributed by atoms with Crippen molar-refractivity contribution in [3.05, 3.63) is 34.1 Å². The highest BCUT2D eigenvalue weighted by molar-refractivity contribution is 9.10. The molecule has 0 spiro atoms. The summed E-state index contributed by atoms with van der Waals surface area (Å²) in [6.45, 7) is 1.96. The topological polar surface area (TPSA) is 47.7 Å². The Morgan fingerprint density at radius 2 is 1.95 bits per heavy atom. The minimum Gasteiger partial charge on any atom is -0.377 e. The Kier molecular flexibility index (Phi) is 5.51. The van der Waals surface area contributed by atoms with E-state index in [2.05, 4.69) is 20.8 Å². The van der Waals surface area contributed by atoms with Gasteiger partial charge < -0.3 is 15.2 Å². The molecule has 1 aliphatic heterocycles. The van der Waals surface area contributed by atoms with Gasteiger partial charge in [0.2, 0.25) is 0 Å². The van der Waals surface area contributed by atoms with Crippen LogP contribution in [-0.4, -0.2) is 51.0 Å². The Bertz CT molecular complexity index is 449. The zero-order valence-corrected chi connectivity index (χ0v) is 13.3. The van der Waals surface area contributed by atoms with Gasteiger partial charge in [0.05, 0.1) is 12.2 Å². The summed E-state index contributed by atoms with van der Waals surface area (Å²) in [4.78, 5) is 2.22. The third-order valence-corrected chi connectivity index (χ3v) is 4.52. The lowest BCUT2D eigenvalue weighted by atomic mass is 10.1. The van der Waals surface area contributed by atoms with E-state index in [1.807, 2.05) is 0 Å². The summed E-state index contributed by atoms with van der Waals surface area (Å²) in [6, 6.07) is 4.72. The molecule has 1 saturated heterocycles. The molecule has 1 aromatic rings. The van der Waals surface area contributed by atoms with E-state index in [9.17, 15) is 4.39 Å². The molecule has 1 aromatic carbocycles. The smallest absolute Gasteiger partial charge is 0.124 e. The SMILES string of the molecule is COC1CN(C(CN)c2ccc(F)cc2Br)CC1OC. The Labute approximate surface area is 127 Å². The molecule has 20 heavy (non-hydrogen) atoms. The molecule has 6 heteroatoms. The number of methoxy groups -OCH3 is 2. The van der Waals surface area contributed by atoms with Gasteiger partial charge in [0, 0.05) is 44.4 Å². The highest BCUT2D eigenvalue weighted by Gasteiger charge is 2.37. The van der Waals surface area contributed by atoms with Gasteiger partial charge in [-0.15, -0.1) is 0 Å². The number of rotatable bonds is 5. The van der Waals surface area contributed by atoms with Crippen LogP contribution in [0.4, 0.5) is 4.39 Å². The van der Waals surface area contributed by atoms with Gasteiger partial charge in [0.25, 0.3) is 0 Å². The summed E-state index contributed by atoms with van der Waals surface area (Å²) in [6.07, 6.45) is 0.0709. The average Bonchev–Trinajstić information content (AvgIpc) is 2.85. The molecule has 0 amide bonds. The maximum absolute atomic E-state index is 13.2. The zero-order valence-electron chi connectivity index (χ0n) is 11.7. The first-order valence-corrected chi connectivity index (χ1v) is 7.34. The molecule has 1 fully saturated rings. The van der Waals surface area contributed by atoms with Crippen molar-refractivity contribution >= 4 is 15.9 Å². The fraction of sp³-hybridized carbons (Fsp3) is 0.571. The molecule has 3 atom stereocenters. The maximum atomic E-state index is 13.2. The van der Waals surface area contributed by atoms with Crippen LogP contribution in [0.1, 0.15) is 11.6 Å². The summed E-state index contributed by atoms with van der Waals surface area (Å²) in [5.74, 6) is -0.262. The molecule has 1 aliphatic rings. The van der Waals surface area contributed by atoms with Gasteiger partial charge in [-0.25, -0.2) is 4.39 Å². The van der Waals surface area contributed by atoms with Crippen molar-refractivity contribution in [3.63, 3.8) is 0 Å². The molecular weight excluding hydrogens is 327 g/mol. The van der Waals surface area contributed by atoms with Gasteiger partial charge in [0.15, 0.2) is 0 Å². The summed E-state index contributed by atoms with van der Waals surface area (Å²) >= 11 is 3.42. The number of nitrogens with zero attached hydrogens (tertiary/aromatic N) is 1. The molecule has 0 aromatic heterocycles. The lowest BCUT2D eigenvalue weighted by Gasteiger charge is -2.27. The van der Waals surface area contributed by atoms with Crippen LogP contribution in [0, 0.1) is 5.82 Å². The normalized spacial score (nSPS) is 25.1. The second kappa shape index (κ2) is 6.95. The first-order valence-electron chi connectivity index (χ1n) is 6.55. The quantitative estimate of drug-likeness (QED) is 0.884. The number of nitrogens with two attached hydrogens (primary N) is 1. The van der Waals surface area contributed by atoms with Crippen molar-refractivity contribution in [1.82, 2.24) is 4.90 Å². The summed E-state index contributed by atoms with van der Waals surface area (Å²) in [7, 11) is 3.37. The Morgan fingerprint density at radius 1 is 1.35 bits per heavy atom. The van der Waals surface area contributed by atoms with Crippen LogP contribution in [0.2, 0.25) is 0 Å². The highest BCUT2D eigenvalue weighted by Crippen LogP contribution is 2.31. The van der Waals surface area contributed by atoms with Crippen LogP contribution < -0.4 is 5.73 Å². The number of ether oxygens (including phenoxy) is 2. The Balaban J connectivity index is 2.20. The van der Waals surface area contributed by atoms with Crippen molar-refractivity contribution in [2.24, 2.45) is 5.73 Å². The van der Waals surface area contributed by atoms with Gasteiger partial charge in [-0.3, -0.25) is 4.90 Å². The van der Waals surface area contributed by atoms with Crippen molar-refractivity contribution in [3.8, 4) is 0 Å². The molecule has 0 saturated carbocycles. The fourth-order valence-electron chi connectivity index (χ4n) is 2.72. The predicted molar refractivity (Wildman–Crippen MR) is 79.1 cm³/mol. The van der Waals surface area contributed by atoms with Gasteiger partial charge in [-0.1, -0.05) is 22.0 Å². The molecule has 2 rings (SSSR count). The maximum Gasteiger partial charge on any atom is 0.124 e. The standard InChI is InChI=1S/C14H20BrFN2O2/c1-19-13-7-18(8-14(13)20-2)12(6-17)10-4-3-9(16)5-11(10)15/h3-5,12-14H,6-8,17H2,1-2H3. The van der Waals surface area contributed by atoms with Gasteiger partial charge in [-0.2, -0.15) is 0 Å². The summed E-state index contributed by atoms with van der Waals surface area (Å²) in [5.41, 5.74) is 6.91. The Morgan fingerprint density at radius 3 is 2.40 bits per heavy atom. The van der Waals surface area contributed by atoms with Crippen molar-refractivity contribution < 1.29 is 13.9 Å². The van der Waals surface area contributed by atoms with E-state index in [4.69, 9.17) is 15.2 Å². The molecule has 0 radical (unpaired) electrons. The van der Waals surface area contributed by atoms with Crippen molar-refractivity contribution in [1.29, 1.82) is 0 Å². The van der Waals surface area contributed by atoms with E-state index in [0.717, 1.165) is 23.1 Å². The fourth-order valence-corrected chi connectivity index (χ4v) is 3.34. The van der Waals surface area contributed by atoms with E-state index in [0.29, 0.717) is 6.54 Å². The van der Waals surface area contributed by atoms with E-state index < -0.39 is 0 Å². The minimum absolute atomic E-state index is 0.0165. The van der Waals surface area contributed by atoms with Crippen LogP contribution in [-0.2, 0) is 9.47 Å². The van der Waals surface area contributed by atoms with Crippen LogP contribution in [0.25, 0.3) is 0 Å². The lowest BCUT2D eigenvalue weighted by molar-refractivity contribution is -0.00461. The zero-order chi connectivity index (χ0) is 14.7. The van der Waals surface area contributed by atoms with Crippen LogP contribution >= 0.6 is 15.9 Å². The van der Waals surface area contributed by atoms with Crippen LogP contribution in [0.5, 0.6) is 0 Å². The van der Waals surface area contributed by atoms with Gasteiger partial charge in [-0.05, 0) is 17.7 Å². The molecule has 3 unspecified atom stereocenters. The molecule has 1 heterocycles. The summed E-state index contributed by atoms with van der Waals surface area (Å²) < 4.78 is 24.8. The first-order chi connectivity index (χ1) is 9.60. The van der Waals surface area contributed by atoms with Crippen molar-refractivity contribution in [2.75, 3.05) is 33.9 Å². The average molecular weight is 347 g/mol. The second-order valence-corrected chi connectivity index (χ2v) is 5.77. The summed E-state index contributed by atoms with van der Waals surface area (Å²) in [5, 5.41) is 0. The largest absolute Gasteiger partial charge is 0.377 e. The third kappa shape index (κ3) is 3.20. The molecule has 4 nitrogen and oxygen atoms in total. The number of likely N-dealkylation sites (tertiary alicyclic amines) is 1. The number of halogens is 2. The van der Waals surface area contributed by atoms with E-state index in [-0.39, 0.29) is 24.1 Å². The number of hydrogen-bond acceptors (Lipinski definition) is 4. The monoisotopic (exact) mass is 346 g/mol. The molecule has 112 valence electrons. The van der Waals surface area contributed by atoms with Gasteiger partial charge >= 0.3 is 0 Å². The van der Waals surface area contributed by atoms with E-state index in [1.165, 1.54) is 12.1 Å².